The Hall–Kier alpha value is -4.11. The molecule has 190 valence electrons. The van der Waals surface area contributed by atoms with Crippen molar-refractivity contribution in [1.29, 1.82) is 0 Å². The number of anilines is 2. The van der Waals surface area contributed by atoms with Crippen LogP contribution in [0, 0.1) is 6.92 Å². The molecule has 0 fully saturated rings. The van der Waals surface area contributed by atoms with Gasteiger partial charge in [0.05, 0.1) is 24.0 Å². The van der Waals surface area contributed by atoms with Gasteiger partial charge < -0.3 is 16.4 Å². The van der Waals surface area contributed by atoms with Crippen LogP contribution in [0.1, 0.15) is 22.5 Å². The summed E-state index contributed by atoms with van der Waals surface area (Å²) in [7, 11) is 1.59. The van der Waals surface area contributed by atoms with E-state index in [4.69, 9.17) is 5.73 Å². The number of nitrogen functional groups attached to an aromatic ring is 1. The first-order chi connectivity index (χ1) is 18.0. The van der Waals surface area contributed by atoms with Crippen molar-refractivity contribution >= 4 is 29.2 Å². The van der Waals surface area contributed by atoms with Gasteiger partial charge in [0.1, 0.15) is 0 Å². The molecule has 0 spiro atoms. The van der Waals surface area contributed by atoms with Gasteiger partial charge in [-0.1, -0.05) is 48.5 Å². The number of hydrogen-bond acceptors (Lipinski definition) is 7. The molecule has 0 aliphatic rings. The Morgan fingerprint density at radius 3 is 2.49 bits per heavy atom. The average Bonchev–Trinajstić information content (AvgIpc) is 2.92. The normalized spacial score (nSPS) is 10.8. The second kappa shape index (κ2) is 12.2. The Kier molecular flexibility index (Phi) is 8.58. The van der Waals surface area contributed by atoms with Crippen LogP contribution in [0.4, 0.5) is 11.5 Å². The molecule has 4 aromatic rings. The molecule has 4 N–H and O–H groups in total. The molecule has 37 heavy (non-hydrogen) atoms. The lowest BCUT2D eigenvalue weighted by atomic mass is 10.1. The molecule has 9 heteroatoms. The van der Waals surface area contributed by atoms with Crippen LogP contribution in [0.5, 0.6) is 0 Å². The van der Waals surface area contributed by atoms with E-state index in [9.17, 15) is 9.59 Å². The lowest BCUT2D eigenvalue weighted by molar-refractivity contribution is -0.119. The molecule has 0 unspecified atom stereocenters. The Morgan fingerprint density at radius 2 is 1.78 bits per heavy atom. The SMILES string of the molecule is CNC(=O)Cc1cc(N)c(-n2c(CSc3ccccc3)cnc(NCCc3ccccc3)c2=O)nc1C. The van der Waals surface area contributed by atoms with E-state index >= 15 is 0 Å². The summed E-state index contributed by atoms with van der Waals surface area (Å²) in [5, 5.41) is 5.79. The van der Waals surface area contributed by atoms with Crippen molar-refractivity contribution in [2.45, 2.75) is 30.4 Å². The molecule has 4 rings (SSSR count). The van der Waals surface area contributed by atoms with Gasteiger partial charge in [0.25, 0.3) is 5.56 Å². The van der Waals surface area contributed by atoms with Gasteiger partial charge in [-0.3, -0.25) is 14.2 Å². The van der Waals surface area contributed by atoms with Crippen molar-refractivity contribution in [2.75, 3.05) is 24.6 Å². The van der Waals surface area contributed by atoms with E-state index in [1.54, 1.807) is 31.1 Å². The van der Waals surface area contributed by atoms with Gasteiger partial charge in [0.15, 0.2) is 11.6 Å². The van der Waals surface area contributed by atoms with Crippen molar-refractivity contribution in [2.24, 2.45) is 0 Å². The monoisotopic (exact) mass is 514 g/mol. The van der Waals surface area contributed by atoms with Crippen LogP contribution in [-0.2, 0) is 23.4 Å². The number of likely N-dealkylation sites (N-methyl/N-ethyl adjacent to an activating group) is 1. The highest BCUT2D eigenvalue weighted by Crippen LogP contribution is 2.25. The molecular weight excluding hydrogens is 484 g/mol. The summed E-state index contributed by atoms with van der Waals surface area (Å²) in [5.41, 5.74) is 9.59. The molecule has 0 saturated heterocycles. The second-order valence-corrected chi connectivity index (χ2v) is 9.55. The predicted molar refractivity (Wildman–Crippen MR) is 149 cm³/mol. The highest BCUT2D eigenvalue weighted by Gasteiger charge is 2.18. The number of nitrogens with zero attached hydrogens (tertiary/aromatic N) is 3. The van der Waals surface area contributed by atoms with Gasteiger partial charge in [-0.2, -0.15) is 0 Å². The van der Waals surface area contributed by atoms with Gasteiger partial charge in [-0.05, 0) is 42.7 Å². The number of aromatic nitrogens is 3. The number of benzene rings is 2. The van der Waals surface area contributed by atoms with Gasteiger partial charge in [-0.15, -0.1) is 11.8 Å². The van der Waals surface area contributed by atoms with Gasteiger partial charge in [0, 0.05) is 29.9 Å². The Balaban J connectivity index is 1.68. The lowest BCUT2D eigenvalue weighted by Gasteiger charge is -2.17. The topological polar surface area (TPSA) is 115 Å². The quantitative estimate of drug-likeness (QED) is 0.276. The number of aryl methyl sites for hydroxylation is 1. The first-order valence-electron chi connectivity index (χ1n) is 12.0. The zero-order valence-corrected chi connectivity index (χ0v) is 21.7. The Labute approximate surface area is 220 Å². The van der Waals surface area contributed by atoms with Crippen LogP contribution in [-0.4, -0.2) is 34.0 Å². The zero-order chi connectivity index (χ0) is 26.2. The molecule has 0 saturated carbocycles. The van der Waals surface area contributed by atoms with E-state index in [2.05, 4.69) is 20.6 Å². The van der Waals surface area contributed by atoms with Crippen LogP contribution in [0.25, 0.3) is 5.82 Å². The van der Waals surface area contributed by atoms with Crippen LogP contribution < -0.4 is 21.9 Å². The number of nitrogens with one attached hydrogen (secondary N) is 2. The smallest absolute Gasteiger partial charge is 0.299 e. The number of hydrogen-bond donors (Lipinski definition) is 3. The number of rotatable bonds is 10. The summed E-state index contributed by atoms with van der Waals surface area (Å²) in [6, 6.07) is 21.7. The van der Waals surface area contributed by atoms with Gasteiger partial charge >= 0.3 is 0 Å². The third-order valence-electron chi connectivity index (χ3n) is 5.88. The first-order valence-corrected chi connectivity index (χ1v) is 13.0. The number of nitrogens with two attached hydrogens (primary N) is 1. The van der Waals surface area contributed by atoms with E-state index in [1.165, 1.54) is 10.1 Å². The molecule has 0 radical (unpaired) electrons. The zero-order valence-electron chi connectivity index (χ0n) is 20.9. The van der Waals surface area contributed by atoms with Crippen molar-refractivity contribution < 1.29 is 4.79 Å². The fraction of sp³-hybridized carbons (Fsp3) is 0.214. The fourth-order valence-corrected chi connectivity index (χ4v) is 4.73. The standard InChI is InChI=1S/C28H30N6O2S/c1-19-21(16-25(35)30-2)15-24(29)27(33-19)34-22(18-37-23-11-7-4-8-12-23)17-32-26(28(34)36)31-14-13-20-9-5-3-6-10-20/h3-12,15,17H,13-14,16,18,29H2,1-2H3,(H,30,35)(H,31,32). The molecule has 2 aromatic heterocycles. The average molecular weight is 515 g/mol. The van der Waals surface area contributed by atoms with E-state index in [0.29, 0.717) is 40.8 Å². The van der Waals surface area contributed by atoms with Crippen molar-refractivity contribution in [3.8, 4) is 5.82 Å². The van der Waals surface area contributed by atoms with E-state index in [-0.39, 0.29) is 23.7 Å². The third-order valence-corrected chi connectivity index (χ3v) is 6.93. The Morgan fingerprint density at radius 1 is 1.08 bits per heavy atom. The van der Waals surface area contributed by atoms with E-state index in [1.807, 2.05) is 67.6 Å². The molecule has 0 atom stereocenters. The summed E-state index contributed by atoms with van der Waals surface area (Å²) in [6.45, 7) is 2.36. The summed E-state index contributed by atoms with van der Waals surface area (Å²) >= 11 is 1.60. The fourth-order valence-electron chi connectivity index (χ4n) is 3.86. The highest BCUT2D eigenvalue weighted by molar-refractivity contribution is 7.98. The number of amides is 1. The summed E-state index contributed by atoms with van der Waals surface area (Å²) in [6.07, 6.45) is 2.60. The van der Waals surface area contributed by atoms with Crippen molar-refractivity contribution in [1.82, 2.24) is 19.9 Å². The molecule has 2 heterocycles. The summed E-state index contributed by atoms with van der Waals surface area (Å²) in [5.74, 6) is 0.928. The maximum Gasteiger partial charge on any atom is 0.299 e. The first kappa shape index (κ1) is 26.0. The minimum atomic E-state index is -0.322. The minimum Gasteiger partial charge on any atom is -0.396 e. The summed E-state index contributed by atoms with van der Waals surface area (Å²) in [4.78, 5) is 35.8. The van der Waals surface area contributed by atoms with Crippen LogP contribution in [0.2, 0.25) is 0 Å². The second-order valence-electron chi connectivity index (χ2n) is 8.50. The van der Waals surface area contributed by atoms with Crippen molar-refractivity contribution in [3.05, 3.63) is 106 Å². The highest BCUT2D eigenvalue weighted by atomic mass is 32.2. The third kappa shape index (κ3) is 6.56. The molecule has 8 nitrogen and oxygen atoms in total. The van der Waals surface area contributed by atoms with Crippen molar-refractivity contribution in [3.63, 3.8) is 0 Å². The molecule has 0 aliphatic carbocycles. The van der Waals surface area contributed by atoms with Crippen LogP contribution in [0.15, 0.2) is 82.6 Å². The van der Waals surface area contributed by atoms with E-state index < -0.39 is 0 Å². The maximum atomic E-state index is 13.7. The summed E-state index contributed by atoms with van der Waals surface area (Å²) < 4.78 is 1.53. The molecule has 1 amide bonds. The largest absolute Gasteiger partial charge is 0.396 e. The number of thioether (sulfide) groups is 1. The van der Waals surface area contributed by atoms with Crippen LogP contribution in [0.3, 0.4) is 0 Å². The number of carbonyl (C=O) groups excluding carboxylic acids is 1. The lowest BCUT2D eigenvalue weighted by Crippen LogP contribution is -2.28. The van der Waals surface area contributed by atoms with Gasteiger partial charge in [0.2, 0.25) is 5.91 Å². The van der Waals surface area contributed by atoms with E-state index in [0.717, 1.165) is 11.3 Å². The van der Waals surface area contributed by atoms with Crippen LogP contribution >= 0.6 is 11.8 Å². The molecule has 0 aliphatic heterocycles. The number of pyridine rings is 1. The van der Waals surface area contributed by atoms with Gasteiger partial charge in [-0.25, -0.2) is 9.97 Å². The minimum absolute atomic E-state index is 0.136. The molecular formula is C28H30N6O2S. The molecule has 2 aromatic carbocycles. The molecule has 0 bridgehead atoms. The maximum absolute atomic E-state index is 13.7. The Bertz CT molecular complexity index is 1420. The predicted octanol–water partition coefficient (Wildman–Crippen LogP) is 3.75. The number of carbonyl (C=O) groups is 1.